The molecule has 2 heterocycles. The molecule has 6 heteroatoms. The van der Waals surface area contributed by atoms with Crippen LogP contribution < -0.4 is 0 Å². The van der Waals surface area contributed by atoms with E-state index in [2.05, 4.69) is 30.5 Å². The normalized spacial score (nSPS) is 16.2. The van der Waals surface area contributed by atoms with Gasteiger partial charge in [-0.3, -0.25) is 9.59 Å². The summed E-state index contributed by atoms with van der Waals surface area (Å²) >= 11 is 0. The highest BCUT2D eigenvalue weighted by molar-refractivity contribution is 5.94. The van der Waals surface area contributed by atoms with E-state index in [1.54, 1.807) is 4.90 Å². The van der Waals surface area contributed by atoms with Crippen LogP contribution in [0.1, 0.15) is 41.0 Å². The maximum absolute atomic E-state index is 13.1. The number of hydrogen-bond acceptors (Lipinski definition) is 4. The third kappa shape index (κ3) is 4.62. The van der Waals surface area contributed by atoms with Gasteiger partial charge in [-0.1, -0.05) is 0 Å². The maximum Gasteiger partial charge on any atom is 0.307 e. The number of aromatic nitrogens is 1. The number of hydrogen-bond donors (Lipinski definition) is 0. The number of nitrogens with zero attached hydrogens (tertiary/aromatic N) is 2. The Morgan fingerprint density at radius 3 is 2.39 bits per heavy atom. The smallest absolute Gasteiger partial charge is 0.307 e. The van der Waals surface area contributed by atoms with E-state index in [0.717, 1.165) is 36.5 Å². The molecule has 1 fully saturated rings. The minimum absolute atomic E-state index is 0.0334. The lowest BCUT2D eigenvalue weighted by Gasteiger charge is -2.25. The van der Waals surface area contributed by atoms with Crippen molar-refractivity contribution in [2.45, 2.75) is 39.2 Å². The van der Waals surface area contributed by atoms with Gasteiger partial charge in [0.1, 0.15) is 0 Å². The van der Waals surface area contributed by atoms with Crippen LogP contribution >= 0.6 is 0 Å². The van der Waals surface area contributed by atoms with Gasteiger partial charge in [-0.05, 0) is 63.1 Å². The minimum Gasteiger partial charge on any atom is -0.469 e. The summed E-state index contributed by atoms with van der Waals surface area (Å²) in [6.45, 7) is 5.66. The molecular weight excluding hydrogens is 356 g/mol. The van der Waals surface area contributed by atoms with Crippen LogP contribution in [0.4, 0.5) is 0 Å². The molecule has 0 radical (unpaired) electrons. The standard InChI is InChI=1S/C22H28N2O4/c1-16-6-7-17(2)24(16)19-10-8-18(9-11-19)22(26)23(13-12-21(25)27-3)15-20-5-4-14-28-20/h6-11,20H,4-5,12-15H2,1-3H3. The zero-order valence-electron chi connectivity index (χ0n) is 16.8. The summed E-state index contributed by atoms with van der Waals surface area (Å²) in [5, 5.41) is 0. The second-order valence-corrected chi connectivity index (χ2v) is 7.21. The molecule has 0 N–H and O–H groups in total. The Bertz CT molecular complexity index is 800. The van der Waals surface area contributed by atoms with Crippen LogP contribution in [0.15, 0.2) is 36.4 Å². The topological polar surface area (TPSA) is 60.8 Å². The monoisotopic (exact) mass is 384 g/mol. The molecule has 28 heavy (non-hydrogen) atoms. The van der Waals surface area contributed by atoms with Gasteiger partial charge in [-0.2, -0.15) is 0 Å². The number of rotatable bonds is 7. The van der Waals surface area contributed by atoms with E-state index >= 15 is 0 Å². The first-order valence-electron chi connectivity index (χ1n) is 9.72. The van der Waals surface area contributed by atoms with Crippen molar-refractivity contribution in [3.63, 3.8) is 0 Å². The van der Waals surface area contributed by atoms with Gasteiger partial charge in [0.25, 0.3) is 5.91 Å². The zero-order chi connectivity index (χ0) is 20.1. The Morgan fingerprint density at radius 1 is 1.14 bits per heavy atom. The Balaban J connectivity index is 1.75. The summed E-state index contributed by atoms with van der Waals surface area (Å²) in [4.78, 5) is 26.3. The molecule has 150 valence electrons. The predicted octanol–water partition coefficient (Wildman–Crippen LogP) is 3.28. The first-order valence-corrected chi connectivity index (χ1v) is 9.72. The second kappa shape index (κ2) is 9.06. The van der Waals surface area contributed by atoms with Gasteiger partial charge < -0.3 is 18.9 Å². The van der Waals surface area contributed by atoms with E-state index in [9.17, 15) is 9.59 Å². The minimum atomic E-state index is -0.320. The molecule has 1 aromatic heterocycles. The number of methoxy groups -OCH3 is 1. The lowest BCUT2D eigenvalue weighted by atomic mass is 10.1. The predicted molar refractivity (Wildman–Crippen MR) is 107 cm³/mol. The number of carbonyl (C=O) groups is 2. The number of ether oxygens (including phenoxy) is 2. The fourth-order valence-corrected chi connectivity index (χ4v) is 3.65. The van der Waals surface area contributed by atoms with E-state index in [-0.39, 0.29) is 24.4 Å². The zero-order valence-corrected chi connectivity index (χ0v) is 16.8. The quantitative estimate of drug-likeness (QED) is 0.688. The highest BCUT2D eigenvalue weighted by atomic mass is 16.5. The molecule has 1 saturated heterocycles. The van der Waals surface area contributed by atoms with Crippen molar-refractivity contribution in [1.82, 2.24) is 9.47 Å². The van der Waals surface area contributed by atoms with Gasteiger partial charge in [-0.25, -0.2) is 0 Å². The number of esters is 1. The third-order valence-corrected chi connectivity index (χ3v) is 5.19. The van der Waals surface area contributed by atoms with Crippen molar-refractivity contribution in [1.29, 1.82) is 0 Å². The van der Waals surface area contributed by atoms with Crippen LogP contribution in [0, 0.1) is 13.8 Å². The molecule has 1 aliphatic rings. The van der Waals surface area contributed by atoms with Crippen molar-refractivity contribution in [3.05, 3.63) is 53.3 Å². The average molecular weight is 384 g/mol. The van der Waals surface area contributed by atoms with Gasteiger partial charge in [0.2, 0.25) is 0 Å². The summed E-state index contributed by atoms with van der Waals surface area (Å²) in [6, 6.07) is 11.7. The fourth-order valence-electron chi connectivity index (χ4n) is 3.65. The highest BCUT2D eigenvalue weighted by Gasteiger charge is 2.24. The van der Waals surface area contributed by atoms with Crippen LogP contribution in [0.25, 0.3) is 5.69 Å². The molecule has 0 bridgehead atoms. The van der Waals surface area contributed by atoms with Gasteiger partial charge in [0.05, 0.1) is 19.6 Å². The Morgan fingerprint density at radius 2 is 1.82 bits per heavy atom. The van der Waals surface area contributed by atoms with Crippen LogP contribution in [0.3, 0.4) is 0 Å². The molecule has 1 aromatic carbocycles. The Kier molecular flexibility index (Phi) is 6.52. The molecule has 0 spiro atoms. The third-order valence-electron chi connectivity index (χ3n) is 5.19. The van der Waals surface area contributed by atoms with Crippen molar-refractivity contribution in [3.8, 4) is 5.69 Å². The molecule has 1 atom stereocenters. The average Bonchev–Trinajstić information content (AvgIpc) is 3.34. The summed E-state index contributed by atoms with van der Waals surface area (Å²) in [7, 11) is 1.36. The van der Waals surface area contributed by atoms with Gasteiger partial charge in [-0.15, -0.1) is 0 Å². The summed E-state index contributed by atoms with van der Waals surface area (Å²) in [5.41, 5.74) is 3.93. The molecule has 0 saturated carbocycles. The van der Waals surface area contributed by atoms with E-state index in [0.29, 0.717) is 18.7 Å². The van der Waals surface area contributed by atoms with E-state index in [1.807, 2.05) is 24.3 Å². The Hall–Kier alpha value is -2.60. The molecule has 3 rings (SSSR count). The molecule has 1 aliphatic heterocycles. The molecule has 6 nitrogen and oxygen atoms in total. The van der Waals surface area contributed by atoms with Gasteiger partial charge in [0.15, 0.2) is 0 Å². The first-order chi connectivity index (χ1) is 13.5. The van der Waals surface area contributed by atoms with Gasteiger partial charge >= 0.3 is 5.97 Å². The van der Waals surface area contributed by atoms with Crippen LogP contribution in [0.5, 0.6) is 0 Å². The molecule has 1 unspecified atom stereocenters. The maximum atomic E-state index is 13.1. The lowest BCUT2D eigenvalue weighted by molar-refractivity contribution is -0.140. The molecule has 2 aromatic rings. The van der Waals surface area contributed by atoms with Crippen molar-refractivity contribution < 1.29 is 19.1 Å². The SMILES string of the molecule is COC(=O)CCN(CC1CCCO1)C(=O)c1ccc(-n2c(C)ccc2C)cc1. The van der Waals surface area contributed by atoms with Crippen LogP contribution in [-0.2, 0) is 14.3 Å². The van der Waals surface area contributed by atoms with E-state index < -0.39 is 0 Å². The number of carbonyl (C=O) groups excluding carboxylic acids is 2. The molecule has 1 amide bonds. The van der Waals surface area contributed by atoms with Crippen molar-refractivity contribution in [2.75, 3.05) is 26.8 Å². The van der Waals surface area contributed by atoms with Crippen LogP contribution in [0.2, 0.25) is 0 Å². The molecular formula is C22H28N2O4. The second-order valence-electron chi connectivity index (χ2n) is 7.21. The first kappa shape index (κ1) is 20.1. The van der Waals surface area contributed by atoms with E-state index in [4.69, 9.17) is 9.47 Å². The van der Waals surface area contributed by atoms with Gasteiger partial charge in [0, 0.05) is 42.3 Å². The number of aryl methyl sites for hydroxylation is 2. The van der Waals surface area contributed by atoms with Crippen LogP contribution in [-0.4, -0.2) is 54.3 Å². The highest BCUT2D eigenvalue weighted by Crippen LogP contribution is 2.19. The number of amides is 1. The largest absolute Gasteiger partial charge is 0.469 e. The Labute approximate surface area is 166 Å². The van der Waals surface area contributed by atoms with Crippen molar-refractivity contribution in [2.24, 2.45) is 0 Å². The number of benzene rings is 1. The fraction of sp³-hybridized carbons (Fsp3) is 0.455. The summed E-state index contributed by atoms with van der Waals surface area (Å²) < 4.78 is 12.6. The lowest BCUT2D eigenvalue weighted by Crippen LogP contribution is -2.38. The summed E-state index contributed by atoms with van der Waals surface area (Å²) in [5.74, 6) is -0.411. The van der Waals surface area contributed by atoms with E-state index in [1.165, 1.54) is 7.11 Å². The van der Waals surface area contributed by atoms with Crippen molar-refractivity contribution >= 4 is 11.9 Å². The summed E-state index contributed by atoms with van der Waals surface area (Å²) in [6.07, 6.45) is 2.15. The molecule has 0 aliphatic carbocycles.